The van der Waals surface area contributed by atoms with Crippen LogP contribution in [-0.2, 0) is 11.8 Å². The zero-order chi connectivity index (χ0) is 15.6. The van der Waals surface area contributed by atoms with Crippen molar-refractivity contribution in [2.75, 3.05) is 5.73 Å². The van der Waals surface area contributed by atoms with Crippen molar-refractivity contribution in [1.82, 2.24) is 15.1 Å². The maximum absolute atomic E-state index is 12.1. The predicted octanol–water partition coefficient (Wildman–Crippen LogP) is 1.32. The lowest BCUT2D eigenvalue weighted by molar-refractivity contribution is -0.139. The first-order valence-electron chi connectivity index (χ1n) is 5.95. The van der Waals surface area contributed by atoms with E-state index < -0.39 is 17.9 Å². The van der Waals surface area contributed by atoms with Crippen LogP contribution in [0.5, 0.6) is 0 Å². The molecule has 1 aromatic carbocycles. The number of carbonyl (C=O) groups is 2. The number of carboxylic acids is 1. The van der Waals surface area contributed by atoms with Crippen LogP contribution in [0.25, 0.3) is 0 Å². The molecule has 0 bridgehead atoms. The van der Waals surface area contributed by atoms with E-state index in [1.807, 2.05) is 0 Å². The molecule has 21 heavy (non-hydrogen) atoms. The molecule has 1 atom stereocenters. The number of nitrogen functional groups attached to an aromatic ring is 1. The number of nitrogens with two attached hydrogens (primary N) is 1. The van der Waals surface area contributed by atoms with Gasteiger partial charge in [0.1, 0.15) is 0 Å². The average molecular weight is 353 g/mol. The third-order valence-corrected chi connectivity index (χ3v) is 3.53. The minimum absolute atomic E-state index is 0.311. The number of hydrogen-bond acceptors (Lipinski definition) is 4. The lowest BCUT2D eigenvalue weighted by atomic mass is 10.1. The quantitative estimate of drug-likeness (QED) is 0.718. The molecule has 0 aliphatic rings. The summed E-state index contributed by atoms with van der Waals surface area (Å²) in [4.78, 5) is 23.5. The fourth-order valence-corrected chi connectivity index (χ4v) is 2.14. The zero-order valence-electron chi connectivity index (χ0n) is 11.1. The van der Waals surface area contributed by atoms with E-state index in [-0.39, 0.29) is 0 Å². The van der Waals surface area contributed by atoms with Crippen LogP contribution in [0.3, 0.4) is 0 Å². The number of anilines is 1. The van der Waals surface area contributed by atoms with Crippen molar-refractivity contribution in [3.8, 4) is 0 Å². The normalized spacial score (nSPS) is 11.9. The monoisotopic (exact) mass is 352 g/mol. The zero-order valence-corrected chi connectivity index (χ0v) is 12.7. The maximum atomic E-state index is 12.1. The van der Waals surface area contributed by atoms with Crippen molar-refractivity contribution in [1.29, 1.82) is 0 Å². The molecule has 0 aliphatic heterocycles. The molecule has 110 valence electrons. The smallest absolute Gasteiger partial charge is 0.331 e. The second kappa shape index (κ2) is 5.96. The van der Waals surface area contributed by atoms with Crippen molar-refractivity contribution in [3.63, 3.8) is 0 Å². The Labute approximate surface area is 128 Å². The van der Waals surface area contributed by atoms with Gasteiger partial charge in [-0.15, -0.1) is 0 Å². The fourth-order valence-electron chi connectivity index (χ4n) is 1.76. The standard InChI is InChI=1S/C13H13BrN4O3/c1-18-6-8(5-16-18)11(13(20)21)17-12(19)7-2-3-10(15)9(14)4-7/h2-6,11H,15H2,1H3,(H,17,19)(H,20,21). The molecule has 1 amide bonds. The van der Waals surface area contributed by atoms with E-state index in [1.165, 1.54) is 29.2 Å². The molecule has 0 fully saturated rings. The number of aromatic nitrogens is 2. The summed E-state index contributed by atoms with van der Waals surface area (Å²) in [6, 6.07) is 3.46. The average Bonchev–Trinajstić information content (AvgIpc) is 2.84. The number of aliphatic carboxylic acids is 1. The van der Waals surface area contributed by atoms with E-state index in [4.69, 9.17) is 5.73 Å². The van der Waals surface area contributed by atoms with Gasteiger partial charge in [0.05, 0.1) is 6.20 Å². The van der Waals surface area contributed by atoms with Gasteiger partial charge in [0, 0.05) is 34.5 Å². The second-order valence-electron chi connectivity index (χ2n) is 4.43. The minimum atomic E-state index is -1.16. The summed E-state index contributed by atoms with van der Waals surface area (Å²) in [6.07, 6.45) is 2.94. The molecule has 0 saturated heterocycles. The Morgan fingerprint density at radius 1 is 1.48 bits per heavy atom. The van der Waals surface area contributed by atoms with E-state index >= 15 is 0 Å². The highest BCUT2D eigenvalue weighted by molar-refractivity contribution is 9.10. The van der Waals surface area contributed by atoms with Crippen LogP contribution >= 0.6 is 15.9 Å². The number of carbonyl (C=O) groups excluding carboxylic acids is 1. The second-order valence-corrected chi connectivity index (χ2v) is 5.28. The Hall–Kier alpha value is -2.35. The summed E-state index contributed by atoms with van der Waals surface area (Å²) in [5.74, 6) is -1.67. The van der Waals surface area contributed by atoms with Gasteiger partial charge < -0.3 is 16.2 Å². The number of carboxylic acid groups (broad SMARTS) is 1. The van der Waals surface area contributed by atoms with Gasteiger partial charge >= 0.3 is 5.97 Å². The largest absolute Gasteiger partial charge is 0.479 e. The Balaban J connectivity index is 2.22. The molecule has 2 aromatic rings. The van der Waals surface area contributed by atoms with Crippen LogP contribution in [0.15, 0.2) is 35.1 Å². The number of nitrogens with one attached hydrogen (secondary N) is 1. The molecule has 0 radical (unpaired) electrons. The first-order chi connectivity index (χ1) is 9.88. The third-order valence-electron chi connectivity index (χ3n) is 2.84. The predicted molar refractivity (Wildman–Crippen MR) is 79.6 cm³/mol. The first kappa shape index (κ1) is 15.0. The van der Waals surface area contributed by atoms with Crippen molar-refractivity contribution >= 4 is 33.5 Å². The van der Waals surface area contributed by atoms with Crippen LogP contribution in [0.4, 0.5) is 5.69 Å². The number of amides is 1. The number of rotatable bonds is 4. The molecule has 8 heteroatoms. The molecule has 1 aromatic heterocycles. The number of hydrogen-bond donors (Lipinski definition) is 3. The molecule has 2 rings (SSSR count). The maximum Gasteiger partial charge on any atom is 0.331 e. The Bertz CT molecular complexity index is 698. The van der Waals surface area contributed by atoms with Crippen LogP contribution in [0, 0.1) is 0 Å². The Morgan fingerprint density at radius 2 is 2.19 bits per heavy atom. The van der Waals surface area contributed by atoms with Crippen LogP contribution in [0.1, 0.15) is 22.0 Å². The SMILES string of the molecule is Cn1cc(C(NC(=O)c2ccc(N)c(Br)c2)C(=O)O)cn1. The van der Waals surface area contributed by atoms with Crippen LogP contribution in [0.2, 0.25) is 0 Å². The van der Waals surface area contributed by atoms with E-state index in [2.05, 4.69) is 26.3 Å². The Morgan fingerprint density at radius 3 is 2.71 bits per heavy atom. The molecule has 4 N–H and O–H groups in total. The number of benzene rings is 1. The van der Waals surface area contributed by atoms with Gasteiger partial charge in [-0.1, -0.05) is 0 Å². The summed E-state index contributed by atoms with van der Waals surface area (Å²) in [7, 11) is 1.67. The van der Waals surface area contributed by atoms with Gasteiger partial charge in [-0.2, -0.15) is 5.10 Å². The van der Waals surface area contributed by atoms with E-state index in [1.54, 1.807) is 13.1 Å². The summed E-state index contributed by atoms with van der Waals surface area (Å²) in [6.45, 7) is 0. The van der Waals surface area contributed by atoms with Crippen LogP contribution in [-0.4, -0.2) is 26.8 Å². The molecular weight excluding hydrogens is 340 g/mol. The van der Waals surface area contributed by atoms with Crippen molar-refractivity contribution in [2.24, 2.45) is 7.05 Å². The van der Waals surface area contributed by atoms with Gasteiger partial charge in [0.15, 0.2) is 6.04 Å². The van der Waals surface area contributed by atoms with Gasteiger partial charge in [-0.3, -0.25) is 9.48 Å². The minimum Gasteiger partial charge on any atom is -0.479 e. The molecule has 0 aliphatic carbocycles. The van der Waals surface area contributed by atoms with E-state index in [9.17, 15) is 14.7 Å². The number of halogens is 1. The molecule has 7 nitrogen and oxygen atoms in total. The highest BCUT2D eigenvalue weighted by atomic mass is 79.9. The molecular formula is C13H13BrN4O3. The van der Waals surface area contributed by atoms with Gasteiger partial charge in [0.2, 0.25) is 0 Å². The Kier molecular flexibility index (Phi) is 4.27. The summed E-state index contributed by atoms with van der Waals surface area (Å²) in [5, 5.41) is 15.6. The molecule has 0 spiro atoms. The summed E-state index contributed by atoms with van der Waals surface area (Å²) < 4.78 is 2.04. The molecule has 1 unspecified atom stereocenters. The number of aryl methyl sites for hydroxylation is 1. The molecule has 1 heterocycles. The first-order valence-corrected chi connectivity index (χ1v) is 6.75. The van der Waals surface area contributed by atoms with Crippen LogP contribution < -0.4 is 11.1 Å². The summed E-state index contributed by atoms with van der Waals surface area (Å²) in [5.41, 5.74) is 6.85. The lowest BCUT2D eigenvalue weighted by Crippen LogP contribution is -2.33. The molecule has 0 saturated carbocycles. The summed E-state index contributed by atoms with van der Waals surface area (Å²) >= 11 is 3.22. The van der Waals surface area contributed by atoms with E-state index in [0.29, 0.717) is 21.3 Å². The topological polar surface area (TPSA) is 110 Å². The van der Waals surface area contributed by atoms with Gasteiger partial charge in [-0.25, -0.2) is 4.79 Å². The van der Waals surface area contributed by atoms with Crippen molar-refractivity contribution in [3.05, 3.63) is 46.2 Å². The van der Waals surface area contributed by atoms with Gasteiger partial charge in [-0.05, 0) is 34.1 Å². The van der Waals surface area contributed by atoms with Crippen molar-refractivity contribution in [2.45, 2.75) is 6.04 Å². The van der Waals surface area contributed by atoms with Crippen molar-refractivity contribution < 1.29 is 14.7 Å². The third kappa shape index (κ3) is 3.40. The highest BCUT2D eigenvalue weighted by Crippen LogP contribution is 2.21. The highest BCUT2D eigenvalue weighted by Gasteiger charge is 2.24. The lowest BCUT2D eigenvalue weighted by Gasteiger charge is -2.13. The fraction of sp³-hybridized carbons (Fsp3) is 0.154. The number of nitrogens with zero attached hydrogens (tertiary/aromatic N) is 2. The van der Waals surface area contributed by atoms with Gasteiger partial charge in [0.25, 0.3) is 5.91 Å². The van der Waals surface area contributed by atoms with E-state index in [0.717, 1.165) is 0 Å².